The van der Waals surface area contributed by atoms with Crippen LogP contribution in [0.2, 0.25) is 0 Å². The number of hydrogen-bond acceptors (Lipinski definition) is 4. The zero-order valence-electron chi connectivity index (χ0n) is 16.1. The van der Waals surface area contributed by atoms with Crippen LogP contribution in [0.4, 0.5) is 0 Å². The van der Waals surface area contributed by atoms with E-state index in [1.54, 1.807) is 23.3 Å². The molecule has 29 heavy (non-hydrogen) atoms. The molecule has 1 saturated carbocycles. The Bertz CT molecular complexity index is 991. The third-order valence-electron chi connectivity index (χ3n) is 5.73. The lowest BCUT2D eigenvalue weighted by molar-refractivity contribution is -0.119. The highest BCUT2D eigenvalue weighted by Crippen LogP contribution is 2.32. The van der Waals surface area contributed by atoms with Gasteiger partial charge in [-0.1, -0.05) is 47.3 Å². The number of halogens is 1. The van der Waals surface area contributed by atoms with Crippen molar-refractivity contribution >= 4 is 37.7 Å². The Hall–Kier alpha value is -1.93. The first-order chi connectivity index (χ1) is 13.8. The first-order valence-corrected chi connectivity index (χ1v) is 12.3. The molecule has 0 radical (unpaired) electrons. The maximum Gasteiger partial charge on any atom is 0.256 e. The summed E-state index contributed by atoms with van der Waals surface area (Å²) in [6.07, 6.45) is 11.1. The molecule has 1 aromatic rings. The van der Waals surface area contributed by atoms with Crippen LogP contribution in [0.15, 0.2) is 57.1 Å². The van der Waals surface area contributed by atoms with Crippen molar-refractivity contribution in [3.63, 3.8) is 0 Å². The maximum absolute atomic E-state index is 13.1. The van der Waals surface area contributed by atoms with E-state index in [4.69, 9.17) is 0 Å². The van der Waals surface area contributed by atoms with E-state index in [-0.39, 0.29) is 17.2 Å². The summed E-state index contributed by atoms with van der Waals surface area (Å²) in [5, 5.41) is 3.32. The standard InChI is InChI=1S/C21H24BrN3O3S/c22-18-7-4-16(5-8-18)14-21(10-2-1-3-11-21)23-20(26)17-6-9-19-24-29(27,28)13-12-25(19)15-17/h4-9,15H,1-3,10-14H2,(H,23,26). The Balaban J connectivity index is 1.52. The van der Waals surface area contributed by atoms with Gasteiger partial charge in [0.25, 0.3) is 15.9 Å². The minimum absolute atomic E-state index is 0.0384. The zero-order valence-corrected chi connectivity index (χ0v) is 18.5. The zero-order chi connectivity index (χ0) is 20.5. The van der Waals surface area contributed by atoms with Crippen molar-refractivity contribution in [2.45, 2.75) is 44.1 Å². The maximum atomic E-state index is 13.1. The van der Waals surface area contributed by atoms with Crippen molar-refractivity contribution in [2.24, 2.45) is 4.40 Å². The van der Waals surface area contributed by atoms with Gasteiger partial charge in [0.2, 0.25) is 0 Å². The second-order valence-corrected chi connectivity index (χ2v) is 10.6. The fourth-order valence-electron chi connectivity index (χ4n) is 4.22. The quantitative estimate of drug-likeness (QED) is 0.721. The molecule has 1 aliphatic carbocycles. The van der Waals surface area contributed by atoms with Crippen molar-refractivity contribution in [3.8, 4) is 0 Å². The average molecular weight is 478 g/mol. The number of nitrogens with zero attached hydrogens (tertiary/aromatic N) is 2. The summed E-state index contributed by atoms with van der Waals surface area (Å²) < 4.78 is 28.2. The van der Waals surface area contributed by atoms with E-state index in [2.05, 4.69) is 37.8 Å². The first-order valence-electron chi connectivity index (χ1n) is 9.90. The lowest BCUT2D eigenvalue weighted by Gasteiger charge is -2.39. The van der Waals surface area contributed by atoms with Crippen LogP contribution in [0.3, 0.4) is 0 Å². The van der Waals surface area contributed by atoms with Gasteiger partial charge < -0.3 is 10.2 Å². The second-order valence-electron chi connectivity index (χ2n) is 7.95. The Morgan fingerprint density at radius 2 is 1.86 bits per heavy atom. The monoisotopic (exact) mass is 477 g/mol. The van der Waals surface area contributed by atoms with Crippen molar-refractivity contribution < 1.29 is 13.2 Å². The molecule has 1 N–H and O–H groups in total. The lowest BCUT2D eigenvalue weighted by atomic mass is 9.77. The van der Waals surface area contributed by atoms with Crippen molar-refractivity contribution in [3.05, 3.63) is 58.2 Å². The molecule has 0 aromatic heterocycles. The molecule has 8 heteroatoms. The number of hydrogen-bond donors (Lipinski definition) is 1. The third-order valence-corrected chi connectivity index (χ3v) is 7.42. The third kappa shape index (κ3) is 4.80. The number of amidine groups is 1. The molecule has 1 amide bonds. The minimum Gasteiger partial charge on any atom is -0.346 e. The van der Waals surface area contributed by atoms with Gasteiger partial charge in [-0.05, 0) is 49.1 Å². The van der Waals surface area contributed by atoms with Gasteiger partial charge in [0.05, 0.1) is 11.3 Å². The number of rotatable bonds is 4. The minimum atomic E-state index is -3.40. The second kappa shape index (κ2) is 8.07. The summed E-state index contributed by atoms with van der Waals surface area (Å²) in [6, 6.07) is 8.27. The van der Waals surface area contributed by atoms with Crippen LogP contribution in [0.25, 0.3) is 0 Å². The molecule has 2 heterocycles. The van der Waals surface area contributed by atoms with Crippen molar-refractivity contribution in [2.75, 3.05) is 12.3 Å². The van der Waals surface area contributed by atoms with Crippen LogP contribution in [-0.4, -0.2) is 42.9 Å². The number of carbonyl (C=O) groups is 1. The molecule has 4 rings (SSSR count). The normalized spacial score (nSPS) is 22.3. The molecule has 154 valence electrons. The Morgan fingerprint density at radius 3 is 2.59 bits per heavy atom. The van der Waals surface area contributed by atoms with Gasteiger partial charge >= 0.3 is 0 Å². The molecule has 1 fully saturated rings. The van der Waals surface area contributed by atoms with E-state index in [1.807, 2.05) is 12.1 Å². The van der Waals surface area contributed by atoms with Crippen LogP contribution in [0.1, 0.15) is 37.7 Å². The molecule has 2 aliphatic heterocycles. The van der Waals surface area contributed by atoms with Gasteiger partial charge in [0.15, 0.2) is 0 Å². The molecule has 0 unspecified atom stereocenters. The van der Waals surface area contributed by atoms with Crippen LogP contribution in [0, 0.1) is 0 Å². The van der Waals surface area contributed by atoms with Gasteiger partial charge in [-0.3, -0.25) is 4.79 Å². The summed E-state index contributed by atoms with van der Waals surface area (Å²) in [5.74, 6) is 0.214. The van der Waals surface area contributed by atoms with Crippen molar-refractivity contribution in [1.29, 1.82) is 0 Å². The van der Waals surface area contributed by atoms with Crippen molar-refractivity contribution in [1.82, 2.24) is 10.2 Å². The summed E-state index contributed by atoms with van der Waals surface area (Å²) in [7, 11) is -3.40. The molecule has 0 saturated heterocycles. The van der Waals surface area contributed by atoms with E-state index in [1.165, 1.54) is 12.0 Å². The van der Waals surface area contributed by atoms with Crippen LogP contribution >= 0.6 is 15.9 Å². The number of benzene rings is 1. The van der Waals surface area contributed by atoms with Gasteiger partial charge in [0.1, 0.15) is 5.84 Å². The molecule has 1 aromatic carbocycles. The fourth-order valence-corrected chi connectivity index (χ4v) is 5.45. The lowest BCUT2D eigenvalue weighted by Crippen LogP contribution is -2.52. The van der Waals surface area contributed by atoms with E-state index < -0.39 is 10.0 Å². The summed E-state index contributed by atoms with van der Waals surface area (Å²) in [5.41, 5.74) is 1.49. The number of nitrogens with one attached hydrogen (secondary N) is 1. The van der Waals surface area contributed by atoms with Crippen LogP contribution < -0.4 is 5.32 Å². The molecule has 0 spiro atoms. The predicted octanol–water partition coefficient (Wildman–Crippen LogP) is 3.31. The molecule has 0 bridgehead atoms. The topological polar surface area (TPSA) is 78.8 Å². The van der Waals surface area contributed by atoms with Gasteiger partial charge in [-0.15, -0.1) is 4.40 Å². The summed E-state index contributed by atoms with van der Waals surface area (Å²) in [6.45, 7) is 0.312. The highest BCUT2D eigenvalue weighted by Gasteiger charge is 2.35. The summed E-state index contributed by atoms with van der Waals surface area (Å²) in [4.78, 5) is 14.8. The number of carbonyl (C=O) groups excluding carboxylic acids is 1. The van der Waals surface area contributed by atoms with E-state index in [0.717, 1.165) is 36.6 Å². The highest BCUT2D eigenvalue weighted by atomic mass is 79.9. The highest BCUT2D eigenvalue weighted by molar-refractivity contribution is 9.10. The first kappa shape index (κ1) is 20.3. The van der Waals surface area contributed by atoms with E-state index in [9.17, 15) is 13.2 Å². The van der Waals surface area contributed by atoms with Gasteiger partial charge in [-0.25, -0.2) is 8.42 Å². The Labute approximate surface area is 180 Å². The molecular formula is C21H24BrN3O3S. The Morgan fingerprint density at radius 1 is 1.14 bits per heavy atom. The van der Waals surface area contributed by atoms with Crippen LogP contribution in [-0.2, 0) is 21.2 Å². The molecule has 6 nitrogen and oxygen atoms in total. The smallest absolute Gasteiger partial charge is 0.256 e. The SMILES string of the molecule is O=C(NC1(Cc2ccc(Br)cc2)CCCCC1)C1=CN2CCS(=O)(=O)N=C2C=C1. The number of sulfonamides is 1. The molecule has 0 atom stereocenters. The van der Waals surface area contributed by atoms with Crippen LogP contribution in [0.5, 0.6) is 0 Å². The summed E-state index contributed by atoms with van der Waals surface area (Å²) >= 11 is 3.47. The van der Waals surface area contributed by atoms with E-state index in [0.29, 0.717) is 18.0 Å². The van der Waals surface area contributed by atoms with Gasteiger partial charge in [0, 0.05) is 22.8 Å². The fraction of sp³-hybridized carbons (Fsp3) is 0.429. The molecular weight excluding hydrogens is 454 g/mol. The predicted molar refractivity (Wildman–Crippen MR) is 117 cm³/mol. The number of fused-ring (bicyclic) bond motifs is 1. The number of amides is 1. The largest absolute Gasteiger partial charge is 0.346 e. The average Bonchev–Trinajstić information content (AvgIpc) is 2.69. The van der Waals surface area contributed by atoms with Gasteiger partial charge in [-0.2, -0.15) is 0 Å². The molecule has 3 aliphatic rings. The Kier molecular flexibility index (Phi) is 5.66. The van der Waals surface area contributed by atoms with E-state index >= 15 is 0 Å².